The zero-order valence-electron chi connectivity index (χ0n) is 35.0. The van der Waals surface area contributed by atoms with Crippen LogP contribution in [0.15, 0.2) is 170 Å². The summed E-state index contributed by atoms with van der Waals surface area (Å²) in [6.07, 6.45) is 0. The molecule has 0 unspecified atom stereocenters. The van der Waals surface area contributed by atoms with Crippen LogP contribution < -0.4 is 0 Å². The average Bonchev–Trinajstić information content (AvgIpc) is 3.46. The molecule has 10 rings (SSSR count). The highest BCUT2D eigenvalue weighted by Crippen LogP contribution is 2.52. The van der Waals surface area contributed by atoms with Crippen LogP contribution in [-0.2, 0) is 5.41 Å². The molecule has 1 aliphatic carbocycles. The Morgan fingerprint density at radius 1 is 0.388 bits per heavy atom. The summed E-state index contributed by atoms with van der Waals surface area (Å²) in [4.78, 5) is 0. The minimum Gasteiger partial charge on any atom is -0.0622 e. The Kier molecular flexibility index (Phi) is 4.52. The van der Waals surface area contributed by atoms with Crippen molar-refractivity contribution in [2.24, 2.45) is 0 Å². The Balaban J connectivity index is 1.35. The van der Waals surface area contributed by atoms with Crippen molar-refractivity contribution in [3.8, 4) is 44.5 Å². The van der Waals surface area contributed by atoms with E-state index < -0.39 is 29.6 Å². The normalized spacial score (nSPS) is 15.6. The van der Waals surface area contributed by atoms with Gasteiger partial charge in [0.25, 0.3) is 0 Å². The summed E-state index contributed by atoms with van der Waals surface area (Å²) < 4.78 is 73.7. The van der Waals surface area contributed by atoms with Gasteiger partial charge in [0.05, 0.1) is 11.0 Å². The zero-order chi connectivity index (χ0) is 39.7. The Morgan fingerprint density at radius 2 is 0.959 bits per heavy atom. The molecule has 0 fully saturated rings. The minimum atomic E-state index is -0.457. The molecule has 9 aromatic carbocycles. The van der Waals surface area contributed by atoms with Crippen molar-refractivity contribution in [3.05, 3.63) is 181 Å². The van der Waals surface area contributed by atoms with Gasteiger partial charge < -0.3 is 0 Å². The predicted molar refractivity (Wildman–Crippen MR) is 210 cm³/mol. The molecule has 0 heteroatoms. The molecule has 0 saturated carbocycles. The molecule has 0 nitrogen and oxygen atoms in total. The van der Waals surface area contributed by atoms with E-state index in [1.807, 2.05) is 84.9 Å². The van der Waals surface area contributed by atoms with Crippen LogP contribution in [0.25, 0.3) is 87.6 Å². The van der Waals surface area contributed by atoms with Crippen LogP contribution in [0.4, 0.5) is 0 Å². The van der Waals surface area contributed by atoms with Crippen LogP contribution in [0.5, 0.6) is 0 Å². The molecule has 0 bridgehead atoms. The van der Waals surface area contributed by atoms with Crippen molar-refractivity contribution in [2.75, 3.05) is 0 Å². The van der Waals surface area contributed by atoms with Gasteiger partial charge in [-0.25, -0.2) is 0 Å². The number of rotatable bonds is 3. The van der Waals surface area contributed by atoms with Crippen LogP contribution in [0.2, 0.25) is 0 Å². The molecular weight excluding hydrogens is 589 g/mol. The van der Waals surface area contributed by atoms with Crippen molar-refractivity contribution in [1.29, 1.82) is 0 Å². The quantitative estimate of drug-likeness (QED) is 0.135. The Bertz CT molecular complexity index is 3160. The third-order valence-electron chi connectivity index (χ3n) is 10.5. The molecule has 0 saturated heterocycles. The van der Waals surface area contributed by atoms with E-state index >= 15 is 0 Å². The molecule has 230 valence electrons. The molecule has 0 spiro atoms. The van der Waals surface area contributed by atoms with Crippen molar-refractivity contribution in [1.82, 2.24) is 0 Å². The van der Waals surface area contributed by atoms with Crippen molar-refractivity contribution in [3.63, 3.8) is 0 Å². The Labute approximate surface area is 298 Å². The molecule has 0 N–H and O–H groups in total. The second-order valence-electron chi connectivity index (χ2n) is 13.4. The van der Waals surface area contributed by atoms with E-state index in [2.05, 4.69) is 50.2 Å². The van der Waals surface area contributed by atoms with Crippen LogP contribution in [0, 0.1) is 0 Å². The molecule has 0 aliphatic heterocycles. The van der Waals surface area contributed by atoms with Gasteiger partial charge in [-0.15, -0.1) is 0 Å². The largest absolute Gasteiger partial charge is 0.0629 e. The topological polar surface area (TPSA) is 0 Å². The lowest BCUT2D eigenvalue weighted by atomic mass is 9.79. The molecule has 0 amide bonds. The fraction of sp³-hybridized carbons (Fsp3) is 0.0612. The zero-order valence-corrected chi connectivity index (χ0v) is 27.0. The van der Waals surface area contributed by atoms with E-state index in [0.717, 1.165) is 54.9 Å². The summed E-state index contributed by atoms with van der Waals surface area (Å²) in [5, 5.41) is 4.62. The number of hydrogen-bond acceptors (Lipinski definition) is 0. The highest BCUT2D eigenvalue weighted by Gasteiger charge is 2.36. The standard InChI is InChI=1S/C49H34/c1-49(2)45-29-33(31-13-4-3-5-14-31)24-27-38(45)39-28-25-34(30-46(39)49)47-41-17-8-10-19-43(41)48(44-20-11-9-18-42(44)47)40-22-12-21-36-35-16-7-6-15-32(35)23-26-37(36)40/h3-30H,1-2H3/i8D,9D,10D,11D,17D,18D,19D,20D. The monoisotopic (exact) mass is 630 g/mol. The van der Waals surface area contributed by atoms with Gasteiger partial charge in [-0.05, 0) is 111 Å². The second kappa shape index (κ2) is 10.5. The molecule has 9 aromatic rings. The lowest BCUT2D eigenvalue weighted by Gasteiger charge is -2.23. The molecule has 0 aromatic heterocycles. The van der Waals surface area contributed by atoms with Crippen LogP contribution in [-0.4, -0.2) is 0 Å². The minimum absolute atomic E-state index is 0.213. The van der Waals surface area contributed by atoms with Gasteiger partial charge in [-0.2, -0.15) is 0 Å². The van der Waals surface area contributed by atoms with Crippen molar-refractivity contribution in [2.45, 2.75) is 19.3 Å². The Hall–Kier alpha value is -5.98. The fourth-order valence-electron chi connectivity index (χ4n) is 8.14. The smallest absolute Gasteiger partial charge is 0.0622 e. The summed E-state index contributed by atoms with van der Waals surface area (Å²) in [6.45, 7) is 4.36. The number of hydrogen-bond donors (Lipinski definition) is 0. The van der Waals surface area contributed by atoms with E-state index in [0.29, 0.717) is 22.3 Å². The number of benzene rings is 9. The first-order chi connectivity index (χ1) is 27.4. The second-order valence-corrected chi connectivity index (χ2v) is 13.4. The maximum atomic E-state index is 9.50. The van der Waals surface area contributed by atoms with E-state index in [9.17, 15) is 5.48 Å². The van der Waals surface area contributed by atoms with Gasteiger partial charge >= 0.3 is 0 Å². The van der Waals surface area contributed by atoms with E-state index in [-0.39, 0.29) is 45.7 Å². The summed E-state index contributed by atoms with van der Waals surface area (Å²) >= 11 is 0. The van der Waals surface area contributed by atoms with Crippen molar-refractivity contribution >= 4 is 43.1 Å². The first-order valence-corrected chi connectivity index (χ1v) is 16.6. The summed E-state index contributed by atoms with van der Waals surface area (Å²) in [7, 11) is 0. The van der Waals surface area contributed by atoms with Gasteiger partial charge in [0.2, 0.25) is 0 Å². The van der Waals surface area contributed by atoms with E-state index in [1.165, 1.54) is 0 Å². The first-order valence-electron chi connectivity index (χ1n) is 20.6. The van der Waals surface area contributed by atoms with Gasteiger partial charge in [-0.1, -0.05) is 171 Å². The third-order valence-corrected chi connectivity index (χ3v) is 10.5. The molecule has 1 aliphatic rings. The predicted octanol–water partition coefficient (Wildman–Crippen LogP) is 13.6. The van der Waals surface area contributed by atoms with Crippen molar-refractivity contribution < 1.29 is 11.0 Å². The highest BCUT2D eigenvalue weighted by atomic mass is 14.4. The SMILES string of the molecule is [2H]c1c([2H])c([2H])c2c(-c3cccc4c3ccc3ccccc34)c3c([2H])c([2H])c([2H])c([2H])c3c(-c3ccc4c(c3)C(C)(C)c3cc(-c5ccccc5)ccc3-4)c2c1[2H]. The molecule has 0 heterocycles. The lowest BCUT2D eigenvalue weighted by Crippen LogP contribution is -2.15. The van der Waals surface area contributed by atoms with Gasteiger partial charge in [0, 0.05) is 5.41 Å². The van der Waals surface area contributed by atoms with Crippen LogP contribution in [0.1, 0.15) is 35.9 Å². The summed E-state index contributed by atoms with van der Waals surface area (Å²) in [6, 6.07) is 37.9. The maximum absolute atomic E-state index is 9.50. The fourth-order valence-corrected chi connectivity index (χ4v) is 8.14. The highest BCUT2D eigenvalue weighted by molar-refractivity contribution is 6.25. The molecule has 49 heavy (non-hydrogen) atoms. The number of fused-ring (bicyclic) bond motifs is 8. The maximum Gasteiger partial charge on any atom is 0.0629 e. The van der Waals surface area contributed by atoms with Crippen LogP contribution >= 0.6 is 0 Å². The van der Waals surface area contributed by atoms with Gasteiger partial charge in [0.15, 0.2) is 0 Å². The molecule has 0 radical (unpaired) electrons. The molecular formula is C49H34. The third kappa shape index (κ3) is 4.11. The van der Waals surface area contributed by atoms with E-state index in [1.54, 1.807) is 0 Å². The van der Waals surface area contributed by atoms with E-state index in [4.69, 9.17) is 5.48 Å². The molecule has 0 atom stereocenters. The summed E-state index contributed by atoms with van der Waals surface area (Å²) in [5.74, 6) is 0. The van der Waals surface area contributed by atoms with Gasteiger partial charge in [0.1, 0.15) is 0 Å². The average molecular weight is 631 g/mol. The van der Waals surface area contributed by atoms with Crippen LogP contribution in [0.3, 0.4) is 0 Å². The lowest BCUT2D eigenvalue weighted by molar-refractivity contribution is 0.661. The first kappa shape index (κ1) is 21.1. The van der Waals surface area contributed by atoms with Gasteiger partial charge in [-0.3, -0.25) is 0 Å². The Morgan fingerprint density at radius 3 is 1.65 bits per heavy atom. The summed E-state index contributed by atoms with van der Waals surface area (Å²) in [5.41, 5.74) is 8.05.